The largest absolute Gasteiger partial charge is 0.366 e. The van der Waals surface area contributed by atoms with Gasteiger partial charge in [0.05, 0.1) is 0 Å². The van der Waals surface area contributed by atoms with Crippen LogP contribution in [0.25, 0.3) is 10.8 Å². The van der Waals surface area contributed by atoms with E-state index in [4.69, 9.17) is 0 Å². The van der Waals surface area contributed by atoms with Gasteiger partial charge < -0.3 is 19.7 Å². The number of nitrogens with one attached hydrogen (secondary N) is 1. The summed E-state index contributed by atoms with van der Waals surface area (Å²) >= 11 is 0. The highest BCUT2D eigenvalue weighted by Crippen LogP contribution is 2.35. The molecule has 0 saturated carbocycles. The quantitative estimate of drug-likeness (QED) is 0.903. The maximum atomic E-state index is 12.2. The van der Waals surface area contributed by atoms with E-state index in [-0.39, 0.29) is 5.56 Å². The third-order valence-electron chi connectivity index (χ3n) is 5.69. The molecule has 0 spiro atoms. The van der Waals surface area contributed by atoms with Gasteiger partial charge in [-0.15, -0.1) is 0 Å². The number of nitrogens with zero attached hydrogens (tertiary/aromatic N) is 3. The zero-order chi connectivity index (χ0) is 17.4. The topological polar surface area (TPSA) is 42.6 Å². The first-order valence-electron chi connectivity index (χ1n) is 9.40. The van der Waals surface area contributed by atoms with E-state index in [0.29, 0.717) is 6.04 Å². The van der Waals surface area contributed by atoms with Crippen molar-refractivity contribution in [3.05, 3.63) is 40.3 Å². The van der Waals surface area contributed by atoms with Gasteiger partial charge in [-0.05, 0) is 64.1 Å². The molecule has 1 N–H and O–H groups in total. The van der Waals surface area contributed by atoms with Crippen LogP contribution in [0.15, 0.2) is 29.2 Å². The lowest BCUT2D eigenvalue weighted by atomic mass is 9.97. The second kappa shape index (κ2) is 6.81. The molecular weight excluding hydrogens is 312 g/mol. The SMILES string of the molecule is CN(C)CCCN1CCC(N2CCc3c[nH]c(=O)c4cccc2c34)C1. The summed E-state index contributed by atoms with van der Waals surface area (Å²) in [4.78, 5) is 22.5. The van der Waals surface area contributed by atoms with Crippen molar-refractivity contribution in [2.45, 2.75) is 25.3 Å². The molecule has 2 aliphatic rings. The van der Waals surface area contributed by atoms with Gasteiger partial charge in [-0.2, -0.15) is 0 Å². The lowest BCUT2D eigenvalue weighted by Gasteiger charge is -2.36. The van der Waals surface area contributed by atoms with E-state index in [9.17, 15) is 4.79 Å². The highest BCUT2D eigenvalue weighted by Gasteiger charge is 2.30. The number of aromatic amines is 1. The molecule has 1 fully saturated rings. The van der Waals surface area contributed by atoms with Crippen LogP contribution in [-0.4, -0.2) is 67.6 Å². The Morgan fingerprint density at radius 1 is 1.28 bits per heavy atom. The van der Waals surface area contributed by atoms with Gasteiger partial charge in [-0.3, -0.25) is 4.79 Å². The monoisotopic (exact) mass is 340 g/mol. The summed E-state index contributed by atoms with van der Waals surface area (Å²) in [6, 6.07) is 6.74. The molecule has 2 aromatic rings. The van der Waals surface area contributed by atoms with Crippen molar-refractivity contribution in [3.63, 3.8) is 0 Å². The normalized spacial score (nSPS) is 20.8. The number of hydrogen-bond donors (Lipinski definition) is 1. The van der Waals surface area contributed by atoms with E-state index < -0.39 is 0 Å². The minimum absolute atomic E-state index is 0.0270. The minimum atomic E-state index is 0.0270. The average Bonchev–Trinajstić information content (AvgIpc) is 3.06. The van der Waals surface area contributed by atoms with Gasteiger partial charge in [0.1, 0.15) is 0 Å². The van der Waals surface area contributed by atoms with Crippen LogP contribution in [0.3, 0.4) is 0 Å². The molecule has 0 amide bonds. The molecule has 134 valence electrons. The Hall–Kier alpha value is -1.85. The second-order valence-corrected chi connectivity index (χ2v) is 7.69. The fraction of sp³-hybridized carbons (Fsp3) is 0.550. The molecule has 1 unspecified atom stereocenters. The summed E-state index contributed by atoms with van der Waals surface area (Å²) in [5.74, 6) is 0. The lowest BCUT2D eigenvalue weighted by molar-refractivity contribution is 0.299. The van der Waals surface area contributed by atoms with Gasteiger partial charge in [-0.25, -0.2) is 0 Å². The van der Waals surface area contributed by atoms with Crippen LogP contribution in [0.2, 0.25) is 0 Å². The number of benzene rings is 1. The molecule has 0 radical (unpaired) electrons. The van der Waals surface area contributed by atoms with Crippen molar-refractivity contribution in [3.8, 4) is 0 Å². The molecule has 2 aliphatic heterocycles. The first kappa shape index (κ1) is 16.6. The summed E-state index contributed by atoms with van der Waals surface area (Å²) in [6.45, 7) is 5.72. The lowest BCUT2D eigenvalue weighted by Crippen LogP contribution is -2.41. The Bertz CT molecular complexity index is 813. The summed E-state index contributed by atoms with van der Waals surface area (Å²) < 4.78 is 0. The van der Waals surface area contributed by atoms with Crippen molar-refractivity contribution < 1.29 is 0 Å². The van der Waals surface area contributed by atoms with E-state index in [1.165, 1.54) is 42.6 Å². The molecule has 4 rings (SSSR count). The van der Waals surface area contributed by atoms with E-state index in [1.807, 2.05) is 18.3 Å². The number of hydrogen-bond acceptors (Lipinski definition) is 4. The highest BCUT2D eigenvalue weighted by atomic mass is 16.1. The maximum Gasteiger partial charge on any atom is 0.255 e. The van der Waals surface area contributed by atoms with E-state index in [1.54, 1.807) is 0 Å². The van der Waals surface area contributed by atoms with Crippen LogP contribution in [0.1, 0.15) is 18.4 Å². The Balaban J connectivity index is 1.54. The summed E-state index contributed by atoms with van der Waals surface area (Å²) in [5, 5.41) is 2.00. The summed E-state index contributed by atoms with van der Waals surface area (Å²) in [6.07, 6.45) is 5.37. The van der Waals surface area contributed by atoms with Gasteiger partial charge in [0.2, 0.25) is 0 Å². The molecular formula is C20H28N4O. The molecule has 0 aliphatic carbocycles. The average molecular weight is 340 g/mol. The zero-order valence-corrected chi connectivity index (χ0v) is 15.3. The van der Waals surface area contributed by atoms with Crippen LogP contribution in [-0.2, 0) is 6.42 Å². The van der Waals surface area contributed by atoms with Crippen LogP contribution in [0, 0.1) is 0 Å². The fourth-order valence-electron chi connectivity index (χ4n) is 4.43. The van der Waals surface area contributed by atoms with Gasteiger partial charge in [0, 0.05) is 48.3 Å². The number of anilines is 1. The van der Waals surface area contributed by atoms with E-state index >= 15 is 0 Å². The standard InChI is InChI=1S/C20H28N4O/c1-22(2)9-4-10-23-11-8-16(14-23)24-12-7-15-13-21-20(25)17-5-3-6-18(24)19(15)17/h3,5-6,13,16H,4,7-12,14H2,1-2H3,(H,21,25). The Labute approximate surface area is 149 Å². The van der Waals surface area contributed by atoms with E-state index in [0.717, 1.165) is 31.4 Å². The Morgan fingerprint density at radius 2 is 2.16 bits per heavy atom. The van der Waals surface area contributed by atoms with Crippen molar-refractivity contribution in [2.24, 2.45) is 0 Å². The smallest absolute Gasteiger partial charge is 0.255 e. The molecule has 1 atom stereocenters. The Morgan fingerprint density at radius 3 is 3.00 bits per heavy atom. The van der Waals surface area contributed by atoms with Gasteiger partial charge in [0.25, 0.3) is 5.56 Å². The number of pyridine rings is 1. The van der Waals surface area contributed by atoms with Crippen LogP contribution in [0.4, 0.5) is 5.69 Å². The zero-order valence-electron chi connectivity index (χ0n) is 15.3. The van der Waals surface area contributed by atoms with Gasteiger partial charge in [-0.1, -0.05) is 6.07 Å². The molecule has 1 aromatic heterocycles. The molecule has 25 heavy (non-hydrogen) atoms. The molecule has 1 saturated heterocycles. The highest BCUT2D eigenvalue weighted by molar-refractivity contribution is 5.97. The number of aromatic nitrogens is 1. The molecule has 3 heterocycles. The van der Waals surface area contributed by atoms with Crippen molar-refractivity contribution in [1.29, 1.82) is 0 Å². The second-order valence-electron chi connectivity index (χ2n) is 7.69. The first-order valence-corrected chi connectivity index (χ1v) is 9.40. The van der Waals surface area contributed by atoms with Crippen molar-refractivity contribution in [1.82, 2.24) is 14.8 Å². The molecule has 5 heteroatoms. The molecule has 0 bridgehead atoms. The van der Waals surface area contributed by atoms with Crippen molar-refractivity contribution >= 4 is 16.5 Å². The summed E-state index contributed by atoms with van der Waals surface area (Å²) in [5.41, 5.74) is 2.56. The van der Waals surface area contributed by atoms with Gasteiger partial charge in [0.15, 0.2) is 0 Å². The molecule has 1 aromatic carbocycles. The fourth-order valence-corrected chi connectivity index (χ4v) is 4.43. The van der Waals surface area contributed by atoms with E-state index in [2.05, 4.69) is 39.8 Å². The minimum Gasteiger partial charge on any atom is -0.366 e. The maximum absolute atomic E-state index is 12.2. The van der Waals surface area contributed by atoms with Crippen molar-refractivity contribution in [2.75, 3.05) is 51.7 Å². The first-order chi connectivity index (χ1) is 12.1. The number of H-pyrrole nitrogens is 1. The van der Waals surface area contributed by atoms with Crippen LogP contribution < -0.4 is 10.5 Å². The number of likely N-dealkylation sites (tertiary alicyclic amines) is 1. The van der Waals surface area contributed by atoms with Crippen LogP contribution >= 0.6 is 0 Å². The predicted molar refractivity (Wildman–Crippen MR) is 104 cm³/mol. The summed E-state index contributed by atoms with van der Waals surface area (Å²) in [7, 11) is 4.28. The van der Waals surface area contributed by atoms with Gasteiger partial charge >= 0.3 is 0 Å². The molecule has 5 nitrogen and oxygen atoms in total. The third kappa shape index (κ3) is 3.18. The van der Waals surface area contributed by atoms with Crippen LogP contribution in [0.5, 0.6) is 0 Å². The predicted octanol–water partition coefficient (Wildman–Crippen LogP) is 1.92. The Kier molecular flexibility index (Phi) is 4.52. The third-order valence-corrected chi connectivity index (χ3v) is 5.69. The number of rotatable bonds is 5.